The second kappa shape index (κ2) is 5.29. The summed E-state index contributed by atoms with van der Waals surface area (Å²) in [6, 6.07) is 0. The van der Waals surface area contributed by atoms with E-state index in [1.54, 1.807) is 0 Å². The highest BCUT2D eigenvalue weighted by molar-refractivity contribution is 7.74. The van der Waals surface area contributed by atoms with E-state index in [2.05, 4.69) is 19.7 Å². The summed E-state index contributed by atoms with van der Waals surface area (Å²) in [6.07, 6.45) is 8.43. The van der Waals surface area contributed by atoms with Gasteiger partial charge in [0.2, 0.25) is 0 Å². The zero-order chi connectivity index (χ0) is 8.74. The Balaban J connectivity index is 4.09. The number of hydrogen-bond acceptors (Lipinski definition) is 1. The van der Waals surface area contributed by atoms with E-state index in [0.29, 0.717) is 0 Å². The summed E-state index contributed by atoms with van der Waals surface area (Å²) < 4.78 is 0. The van der Waals surface area contributed by atoms with Gasteiger partial charge in [0.15, 0.2) is 0 Å². The highest BCUT2D eigenvalue weighted by Gasteiger charge is 2.27. The van der Waals surface area contributed by atoms with Crippen molar-refractivity contribution in [3.8, 4) is 0 Å². The van der Waals surface area contributed by atoms with Gasteiger partial charge in [-0.1, -0.05) is 38.0 Å². The van der Waals surface area contributed by atoms with Crippen molar-refractivity contribution >= 4 is 7.41 Å². The van der Waals surface area contributed by atoms with E-state index >= 15 is 0 Å². The fraction of sp³-hybridized carbons (Fsp3) is 0.333. The monoisotopic (exact) mass is 170 g/mol. The molecule has 62 valence electrons. The van der Waals surface area contributed by atoms with Crippen LogP contribution < -0.4 is 5.50 Å². The van der Waals surface area contributed by atoms with Crippen molar-refractivity contribution in [2.24, 2.45) is 5.50 Å². The van der Waals surface area contributed by atoms with E-state index < -0.39 is 7.41 Å². The normalized spacial score (nSPS) is 10.6. The molecule has 0 atom stereocenters. The lowest BCUT2D eigenvalue weighted by Gasteiger charge is -2.16. The van der Waals surface area contributed by atoms with Crippen molar-refractivity contribution in [2.75, 3.05) is 18.5 Å². The zero-order valence-corrected chi connectivity index (χ0v) is 7.89. The largest absolute Gasteiger partial charge is 0.204 e. The lowest BCUT2D eigenvalue weighted by Crippen LogP contribution is -2.13. The van der Waals surface area contributed by atoms with Crippen LogP contribution in [0.1, 0.15) is 0 Å². The highest BCUT2D eigenvalue weighted by Crippen LogP contribution is 2.50. The first-order chi connectivity index (χ1) is 5.18. The third-order valence-corrected chi connectivity index (χ3v) is 4.43. The molecule has 0 spiro atoms. The maximum Gasteiger partial charge on any atom is 0.0930 e. The molecule has 0 aliphatic carbocycles. The average molecular weight is 170 g/mol. The topological polar surface area (TPSA) is 26.0 Å². The molecule has 1 nitrogen and oxygen atoms in total. The van der Waals surface area contributed by atoms with Gasteiger partial charge in [-0.25, -0.2) is 5.50 Å². The fourth-order valence-corrected chi connectivity index (χ4v) is 2.98. The third-order valence-electron chi connectivity index (χ3n) is 1.48. The quantitative estimate of drug-likeness (QED) is 0.481. The molecule has 0 fully saturated rings. The Morgan fingerprint density at radius 2 is 1.18 bits per heavy atom. The number of rotatable bonds is 6. The van der Waals surface area contributed by atoms with Crippen molar-refractivity contribution in [1.82, 2.24) is 0 Å². The standard InChI is InChI=1S/C9H17NP/c1-4-7-11(10,8-5-2)9-6-3/h4-6H,1-3,7-10H2/q+1. The Morgan fingerprint density at radius 3 is 1.36 bits per heavy atom. The molecule has 0 rings (SSSR count). The predicted octanol–water partition coefficient (Wildman–Crippen LogP) is 2.44. The number of hydrogen-bond donors (Lipinski definition) is 1. The number of allylic oxidation sites excluding steroid dienone is 3. The van der Waals surface area contributed by atoms with Gasteiger partial charge in [0.25, 0.3) is 0 Å². The molecule has 2 N–H and O–H groups in total. The molecule has 0 aromatic rings. The Hall–Kier alpha value is -0.390. The van der Waals surface area contributed by atoms with Crippen LogP contribution in [0.2, 0.25) is 0 Å². The summed E-state index contributed by atoms with van der Waals surface area (Å²) in [7, 11) is -1.32. The number of nitrogens with two attached hydrogens (primary N) is 1. The molecular weight excluding hydrogens is 153 g/mol. The van der Waals surface area contributed by atoms with Crippen LogP contribution in [0.3, 0.4) is 0 Å². The minimum absolute atomic E-state index is 0.922. The summed E-state index contributed by atoms with van der Waals surface area (Å²) in [5.41, 5.74) is 6.13. The van der Waals surface area contributed by atoms with E-state index in [9.17, 15) is 0 Å². The molecule has 11 heavy (non-hydrogen) atoms. The van der Waals surface area contributed by atoms with E-state index in [0.717, 1.165) is 18.5 Å². The van der Waals surface area contributed by atoms with Crippen LogP contribution in [-0.4, -0.2) is 18.5 Å². The first-order valence-electron chi connectivity index (χ1n) is 3.66. The van der Waals surface area contributed by atoms with Crippen molar-refractivity contribution in [1.29, 1.82) is 0 Å². The first kappa shape index (κ1) is 10.6. The highest BCUT2D eigenvalue weighted by atomic mass is 31.2. The van der Waals surface area contributed by atoms with Gasteiger partial charge in [-0.05, 0) is 0 Å². The molecule has 0 aromatic heterocycles. The van der Waals surface area contributed by atoms with Crippen LogP contribution in [-0.2, 0) is 0 Å². The molecular formula is C9H17NP+. The SMILES string of the molecule is C=CC[P+](N)(CC=C)CC=C. The maximum absolute atomic E-state index is 6.13. The van der Waals surface area contributed by atoms with E-state index in [1.807, 2.05) is 18.2 Å². The lowest BCUT2D eigenvalue weighted by atomic mass is 10.7. The van der Waals surface area contributed by atoms with Gasteiger partial charge in [0.1, 0.15) is 0 Å². The van der Waals surface area contributed by atoms with Gasteiger partial charge in [-0.3, -0.25) is 0 Å². The fourth-order valence-electron chi connectivity index (χ4n) is 0.995. The summed E-state index contributed by atoms with van der Waals surface area (Å²) in [6.45, 7) is 11.1. The van der Waals surface area contributed by atoms with E-state index in [-0.39, 0.29) is 0 Å². The molecule has 0 aliphatic rings. The van der Waals surface area contributed by atoms with Crippen molar-refractivity contribution < 1.29 is 0 Å². The summed E-state index contributed by atoms with van der Waals surface area (Å²) in [5.74, 6) is 0. The van der Waals surface area contributed by atoms with Crippen molar-refractivity contribution in [2.45, 2.75) is 0 Å². The van der Waals surface area contributed by atoms with Gasteiger partial charge in [0.05, 0.1) is 25.9 Å². The van der Waals surface area contributed by atoms with Gasteiger partial charge in [-0.15, -0.1) is 0 Å². The zero-order valence-electron chi connectivity index (χ0n) is 7.00. The Labute approximate surface area is 70.1 Å². The molecule has 0 bridgehead atoms. The van der Waals surface area contributed by atoms with Crippen LogP contribution in [0.4, 0.5) is 0 Å². The third kappa shape index (κ3) is 4.13. The van der Waals surface area contributed by atoms with Crippen LogP contribution in [0.25, 0.3) is 0 Å². The van der Waals surface area contributed by atoms with Gasteiger partial charge in [-0.2, -0.15) is 0 Å². The van der Waals surface area contributed by atoms with Crippen molar-refractivity contribution in [3.63, 3.8) is 0 Å². The Bertz CT molecular complexity index is 125. The van der Waals surface area contributed by atoms with Gasteiger partial charge < -0.3 is 0 Å². The lowest BCUT2D eigenvalue weighted by molar-refractivity contribution is 1.48. The van der Waals surface area contributed by atoms with Crippen LogP contribution in [0.5, 0.6) is 0 Å². The molecule has 0 amide bonds. The van der Waals surface area contributed by atoms with Gasteiger partial charge >= 0.3 is 0 Å². The molecule has 0 saturated heterocycles. The van der Waals surface area contributed by atoms with Crippen LogP contribution in [0.15, 0.2) is 38.0 Å². The molecule has 0 aromatic carbocycles. The Kier molecular flexibility index (Phi) is 5.10. The minimum atomic E-state index is -1.32. The first-order valence-corrected chi connectivity index (χ1v) is 6.07. The smallest absolute Gasteiger partial charge is 0.0930 e. The Morgan fingerprint density at radius 1 is 0.909 bits per heavy atom. The van der Waals surface area contributed by atoms with E-state index in [1.165, 1.54) is 0 Å². The maximum atomic E-state index is 6.13. The minimum Gasteiger partial charge on any atom is -0.204 e. The molecule has 0 radical (unpaired) electrons. The molecule has 0 saturated carbocycles. The summed E-state index contributed by atoms with van der Waals surface area (Å²) >= 11 is 0. The van der Waals surface area contributed by atoms with Crippen molar-refractivity contribution in [3.05, 3.63) is 38.0 Å². The van der Waals surface area contributed by atoms with Crippen LogP contribution >= 0.6 is 7.41 Å². The second-order valence-electron chi connectivity index (χ2n) is 2.63. The summed E-state index contributed by atoms with van der Waals surface area (Å²) in [5, 5.41) is 0. The molecule has 0 unspecified atom stereocenters. The van der Waals surface area contributed by atoms with Crippen LogP contribution in [0, 0.1) is 0 Å². The van der Waals surface area contributed by atoms with Gasteiger partial charge in [0, 0.05) is 0 Å². The average Bonchev–Trinajstić information content (AvgIpc) is 1.88. The molecule has 2 heteroatoms. The summed E-state index contributed by atoms with van der Waals surface area (Å²) in [4.78, 5) is 0. The molecule has 0 aliphatic heterocycles. The van der Waals surface area contributed by atoms with E-state index in [4.69, 9.17) is 5.50 Å². The molecule has 0 heterocycles. The second-order valence-corrected chi connectivity index (χ2v) is 6.16. The predicted molar refractivity (Wildman–Crippen MR) is 56.3 cm³/mol.